The molecule has 0 unspecified atom stereocenters. The highest BCUT2D eigenvalue weighted by Crippen LogP contribution is 2.24. The maximum atomic E-state index is 13.7. The Hall–Kier alpha value is -2.47. The van der Waals surface area contributed by atoms with Crippen LogP contribution in [0.4, 0.5) is 0 Å². The molecule has 188 valence electrons. The van der Waals surface area contributed by atoms with Crippen molar-refractivity contribution in [1.29, 1.82) is 0 Å². The zero-order valence-corrected chi connectivity index (χ0v) is 22.4. The van der Waals surface area contributed by atoms with E-state index in [0.29, 0.717) is 23.0 Å². The van der Waals surface area contributed by atoms with Crippen molar-refractivity contribution in [1.82, 2.24) is 10.2 Å². The Morgan fingerprint density at radius 2 is 1.47 bits per heavy atom. The van der Waals surface area contributed by atoms with E-state index < -0.39 is 6.04 Å². The van der Waals surface area contributed by atoms with Gasteiger partial charge in [0.25, 0.3) is 0 Å². The van der Waals surface area contributed by atoms with Crippen LogP contribution in [0.5, 0.6) is 0 Å². The third-order valence-electron chi connectivity index (χ3n) is 6.41. The molecule has 1 atom stereocenters. The smallest absolute Gasteiger partial charge is 0.243 e. The molecule has 4 nitrogen and oxygen atoms in total. The number of hydrogen-bond donors (Lipinski definition) is 1. The van der Waals surface area contributed by atoms with E-state index in [1.807, 2.05) is 78.9 Å². The van der Waals surface area contributed by atoms with Crippen LogP contribution < -0.4 is 5.32 Å². The quantitative estimate of drug-likeness (QED) is 0.288. The van der Waals surface area contributed by atoms with Crippen LogP contribution in [-0.4, -0.2) is 34.6 Å². The molecule has 0 heterocycles. The number of carbonyl (C=O) groups is 2. The number of amides is 2. The Bertz CT molecular complexity index is 1130. The van der Waals surface area contributed by atoms with Gasteiger partial charge in [-0.05, 0) is 60.4 Å². The topological polar surface area (TPSA) is 49.4 Å². The van der Waals surface area contributed by atoms with Crippen molar-refractivity contribution in [3.05, 3.63) is 100 Å². The van der Waals surface area contributed by atoms with Gasteiger partial charge in [-0.15, -0.1) is 11.8 Å². The summed E-state index contributed by atoms with van der Waals surface area (Å²) in [4.78, 5) is 30.0. The number of benzene rings is 3. The number of halogens is 2. The summed E-state index contributed by atoms with van der Waals surface area (Å²) >= 11 is 13.6. The van der Waals surface area contributed by atoms with Crippen molar-refractivity contribution in [3.63, 3.8) is 0 Å². The molecule has 0 bridgehead atoms. The van der Waals surface area contributed by atoms with Crippen LogP contribution in [0.3, 0.4) is 0 Å². The second-order valence-electron chi connectivity index (χ2n) is 9.09. The van der Waals surface area contributed by atoms with E-state index in [9.17, 15) is 9.59 Å². The van der Waals surface area contributed by atoms with Gasteiger partial charge in [0.05, 0.1) is 5.75 Å². The zero-order chi connectivity index (χ0) is 25.3. The van der Waals surface area contributed by atoms with Gasteiger partial charge in [0, 0.05) is 33.9 Å². The van der Waals surface area contributed by atoms with Crippen molar-refractivity contribution in [2.24, 2.45) is 0 Å². The van der Waals surface area contributed by atoms with E-state index in [0.717, 1.165) is 41.7 Å². The Balaban J connectivity index is 1.59. The monoisotopic (exact) mass is 540 g/mol. The third-order valence-corrected chi connectivity index (χ3v) is 7.92. The van der Waals surface area contributed by atoms with Crippen molar-refractivity contribution in [2.45, 2.75) is 55.6 Å². The van der Waals surface area contributed by atoms with Gasteiger partial charge in [-0.25, -0.2) is 0 Å². The molecule has 3 aromatic carbocycles. The molecule has 0 spiro atoms. The second-order valence-corrected chi connectivity index (χ2v) is 11.0. The first-order chi connectivity index (χ1) is 17.5. The van der Waals surface area contributed by atoms with Crippen LogP contribution in [0.25, 0.3) is 0 Å². The van der Waals surface area contributed by atoms with Crippen molar-refractivity contribution in [2.75, 3.05) is 5.75 Å². The molecule has 36 heavy (non-hydrogen) atoms. The van der Waals surface area contributed by atoms with Crippen molar-refractivity contribution in [3.8, 4) is 0 Å². The average molecular weight is 542 g/mol. The summed E-state index contributed by atoms with van der Waals surface area (Å²) in [7, 11) is 0. The highest BCUT2D eigenvalue weighted by atomic mass is 35.5. The Labute approximate surface area is 227 Å². The summed E-state index contributed by atoms with van der Waals surface area (Å²) in [5.41, 5.74) is 1.94. The van der Waals surface area contributed by atoms with Gasteiger partial charge in [0.2, 0.25) is 11.8 Å². The predicted octanol–water partition coefficient (Wildman–Crippen LogP) is 6.78. The number of rotatable bonds is 10. The average Bonchev–Trinajstić information content (AvgIpc) is 3.40. The fourth-order valence-electron chi connectivity index (χ4n) is 4.47. The number of carbonyl (C=O) groups excluding carboxylic acids is 2. The lowest BCUT2D eigenvalue weighted by Gasteiger charge is -2.32. The van der Waals surface area contributed by atoms with Crippen molar-refractivity contribution < 1.29 is 9.59 Å². The molecular weight excluding hydrogens is 511 g/mol. The maximum absolute atomic E-state index is 13.7. The minimum atomic E-state index is -0.623. The van der Waals surface area contributed by atoms with Crippen LogP contribution >= 0.6 is 35.0 Å². The lowest BCUT2D eigenvalue weighted by molar-refractivity contribution is -0.139. The van der Waals surface area contributed by atoms with Crippen LogP contribution in [0, 0.1) is 0 Å². The molecule has 1 N–H and O–H groups in total. The maximum Gasteiger partial charge on any atom is 0.243 e. The van der Waals surface area contributed by atoms with E-state index in [4.69, 9.17) is 23.2 Å². The molecule has 2 amide bonds. The first-order valence-electron chi connectivity index (χ1n) is 12.2. The normalized spacial score (nSPS) is 14.4. The molecule has 1 aliphatic rings. The van der Waals surface area contributed by atoms with Gasteiger partial charge in [-0.1, -0.05) is 78.5 Å². The first-order valence-corrected chi connectivity index (χ1v) is 14.0. The van der Waals surface area contributed by atoms with Gasteiger partial charge in [0.1, 0.15) is 6.04 Å². The van der Waals surface area contributed by atoms with E-state index >= 15 is 0 Å². The van der Waals surface area contributed by atoms with Crippen LogP contribution in [-0.2, 0) is 22.6 Å². The molecular formula is C29H30Cl2N2O2S. The molecule has 4 rings (SSSR count). The Kier molecular flexibility index (Phi) is 9.74. The minimum Gasteiger partial charge on any atom is -0.352 e. The Morgan fingerprint density at radius 1 is 0.861 bits per heavy atom. The lowest BCUT2D eigenvalue weighted by atomic mass is 10.0. The van der Waals surface area contributed by atoms with Crippen LogP contribution in [0.15, 0.2) is 83.8 Å². The summed E-state index contributed by atoms with van der Waals surface area (Å²) in [6, 6.07) is 24.3. The van der Waals surface area contributed by atoms with Gasteiger partial charge in [-0.2, -0.15) is 0 Å². The molecule has 1 aliphatic carbocycles. The van der Waals surface area contributed by atoms with Crippen LogP contribution in [0.1, 0.15) is 36.8 Å². The second kappa shape index (κ2) is 13.2. The van der Waals surface area contributed by atoms with Gasteiger partial charge >= 0.3 is 0 Å². The fraction of sp³-hybridized carbons (Fsp3) is 0.310. The molecule has 0 aliphatic heterocycles. The number of nitrogens with one attached hydrogen (secondary N) is 1. The summed E-state index contributed by atoms with van der Waals surface area (Å²) in [5, 5.41) is 4.52. The number of thioether (sulfide) groups is 1. The van der Waals surface area contributed by atoms with Gasteiger partial charge < -0.3 is 10.2 Å². The fourth-order valence-corrected chi connectivity index (χ4v) is 5.50. The largest absolute Gasteiger partial charge is 0.352 e. The lowest BCUT2D eigenvalue weighted by Crippen LogP contribution is -2.52. The molecule has 1 fully saturated rings. The van der Waals surface area contributed by atoms with Crippen molar-refractivity contribution >= 4 is 46.8 Å². The van der Waals surface area contributed by atoms with Gasteiger partial charge in [-0.3, -0.25) is 9.59 Å². The summed E-state index contributed by atoms with van der Waals surface area (Å²) in [5.74, 6) is 0.0361. The molecule has 0 radical (unpaired) electrons. The highest BCUT2D eigenvalue weighted by molar-refractivity contribution is 8.00. The molecule has 0 saturated heterocycles. The summed E-state index contributed by atoms with van der Waals surface area (Å²) in [6.45, 7) is 0.326. The standard InChI is InChI=1S/C29H30Cl2N2O2S/c30-23-12-10-22(11-13-23)19-33(28(34)20-36-26-16-14-24(31)15-17-26)27(18-21-6-2-1-3-7-21)29(35)32-25-8-4-5-9-25/h1-3,6-7,10-17,25,27H,4-5,8-9,18-20H2,(H,32,35)/t27-/m0/s1. The molecule has 3 aromatic rings. The van der Waals surface area contributed by atoms with E-state index in [1.54, 1.807) is 4.90 Å². The summed E-state index contributed by atoms with van der Waals surface area (Å²) < 4.78 is 0. The van der Waals surface area contributed by atoms with E-state index in [2.05, 4.69) is 5.32 Å². The molecule has 1 saturated carbocycles. The van der Waals surface area contributed by atoms with Crippen LogP contribution in [0.2, 0.25) is 10.0 Å². The van der Waals surface area contributed by atoms with Gasteiger partial charge in [0.15, 0.2) is 0 Å². The first kappa shape index (κ1) is 26.6. The zero-order valence-electron chi connectivity index (χ0n) is 20.0. The Morgan fingerprint density at radius 3 is 2.11 bits per heavy atom. The minimum absolute atomic E-state index is 0.0904. The predicted molar refractivity (Wildman–Crippen MR) is 149 cm³/mol. The number of nitrogens with zero attached hydrogens (tertiary/aromatic N) is 1. The van der Waals surface area contributed by atoms with E-state index in [-0.39, 0.29) is 23.6 Å². The highest BCUT2D eigenvalue weighted by Gasteiger charge is 2.32. The summed E-state index contributed by atoms with van der Waals surface area (Å²) in [6.07, 6.45) is 4.67. The van der Waals surface area contributed by atoms with E-state index in [1.165, 1.54) is 11.8 Å². The third kappa shape index (κ3) is 7.76. The molecule has 7 heteroatoms. The number of hydrogen-bond acceptors (Lipinski definition) is 3. The molecule has 0 aromatic heterocycles. The SMILES string of the molecule is O=C(NC1CCCC1)[C@H](Cc1ccccc1)N(Cc1ccc(Cl)cc1)C(=O)CSc1ccc(Cl)cc1.